The smallest absolute Gasteiger partial charge is 0.0708 e. The number of rotatable bonds is 3. The molecule has 0 amide bonds. The first-order valence-corrected chi connectivity index (χ1v) is 9.38. The van der Waals surface area contributed by atoms with Crippen molar-refractivity contribution in [2.75, 3.05) is 0 Å². The number of hydrogen-bond acceptors (Lipinski definition) is 1. The van der Waals surface area contributed by atoms with Crippen molar-refractivity contribution in [1.29, 1.82) is 0 Å². The van der Waals surface area contributed by atoms with Gasteiger partial charge in [-0.2, -0.15) is 0 Å². The molecule has 2 heteroatoms. The highest BCUT2D eigenvalue weighted by molar-refractivity contribution is 6.30. The Bertz CT molecular complexity index is 1060. The van der Waals surface area contributed by atoms with Crippen LogP contribution < -0.4 is 0 Å². The molecule has 1 aromatic heterocycles. The van der Waals surface area contributed by atoms with Gasteiger partial charge in [-0.1, -0.05) is 66.2 Å². The minimum atomic E-state index is 0.734. The summed E-state index contributed by atoms with van der Waals surface area (Å²) in [5, 5.41) is 0.734. The summed E-state index contributed by atoms with van der Waals surface area (Å²) >= 11 is 6.01. The van der Waals surface area contributed by atoms with Crippen molar-refractivity contribution in [3.05, 3.63) is 101 Å². The van der Waals surface area contributed by atoms with Crippen LogP contribution in [0.1, 0.15) is 11.1 Å². The lowest BCUT2D eigenvalue weighted by Crippen LogP contribution is -1.92. The van der Waals surface area contributed by atoms with Gasteiger partial charge in [-0.3, -0.25) is 4.98 Å². The van der Waals surface area contributed by atoms with Crippen LogP contribution in [0, 0.1) is 13.8 Å². The van der Waals surface area contributed by atoms with Crippen LogP contribution in [0.25, 0.3) is 33.5 Å². The Labute approximate surface area is 165 Å². The van der Waals surface area contributed by atoms with Gasteiger partial charge in [0, 0.05) is 16.8 Å². The first-order chi connectivity index (χ1) is 13.1. The van der Waals surface area contributed by atoms with Crippen LogP contribution in [0.2, 0.25) is 5.02 Å². The van der Waals surface area contributed by atoms with Gasteiger partial charge in [-0.25, -0.2) is 0 Å². The molecule has 0 bridgehead atoms. The van der Waals surface area contributed by atoms with Gasteiger partial charge in [-0.15, -0.1) is 0 Å². The van der Waals surface area contributed by atoms with Gasteiger partial charge in [0.05, 0.1) is 5.69 Å². The Morgan fingerprint density at radius 3 is 1.96 bits per heavy atom. The molecular weight excluding hydrogens is 350 g/mol. The predicted molar refractivity (Wildman–Crippen MR) is 115 cm³/mol. The normalized spacial score (nSPS) is 10.8. The number of hydrogen-bond donors (Lipinski definition) is 0. The summed E-state index contributed by atoms with van der Waals surface area (Å²) in [7, 11) is 0. The Morgan fingerprint density at radius 2 is 1.30 bits per heavy atom. The lowest BCUT2D eigenvalue weighted by molar-refractivity contribution is 1.31. The van der Waals surface area contributed by atoms with Crippen LogP contribution in [-0.2, 0) is 0 Å². The number of nitrogens with zero attached hydrogens (tertiary/aromatic N) is 1. The Balaban J connectivity index is 1.78. The van der Waals surface area contributed by atoms with Crippen LogP contribution >= 0.6 is 11.6 Å². The fraction of sp³-hybridized carbons (Fsp3) is 0.0800. The third-order valence-corrected chi connectivity index (χ3v) is 5.08. The van der Waals surface area contributed by atoms with Crippen LogP contribution in [-0.4, -0.2) is 4.98 Å². The molecule has 132 valence electrons. The molecule has 0 radical (unpaired) electrons. The standard InChI is InChI=1S/C25H20ClN/c1-17-14-22(19-6-4-3-5-7-19)15-18(2)25(17)21-12-13-27-24(16-21)20-8-10-23(26)11-9-20/h3-16H,1-2H3. The molecule has 0 N–H and O–H groups in total. The maximum absolute atomic E-state index is 6.01. The molecule has 0 spiro atoms. The van der Waals surface area contributed by atoms with E-state index in [4.69, 9.17) is 11.6 Å². The summed E-state index contributed by atoms with van der Waals surface area (Å²) in [6.45, 7) is 4.36. The highest BCUT2D eigenvalue weighted by Crippen LogP contribution is 2.33. The zero-order valence-electron chi connectivity index (χ0n) is 15.4. The van der Waals surface area contributed by atoms with E-state index in [2.05, 4.69) is 67.4 Å². The van der Waals surface area contributed by atoms with Gasteiger partial charge in [0.1, 0.15) is 0 Å². The second kappa shape index (κ2) is 7.38. The monoisotopic (exact) mass is 369 g/mol. The van der Waals surface area contributed by atoms with Crippen molar-refractivity contribution < 1.29 is 0 Å². The molecule has 3 aromatic carbocycles. The first kappa shape index (κ1) is 17.5. The van der Waals surface area contributed by atoms with Crippen LogP contribution in [0.5, 0.6) is 0 Å². The van der Waals surface area contributed by atoms with Crippen molar-refractivity contribution in [3.63, 3.8) is 0 Å². The molecule has 0 aliphatic rings. The Hall–Kier alpha value is -2.90. The number of benzene rings is 3. The Kier molecular flexibility index (Phi) is 4.79. The van der Waals surface area contributed by atoms with E-state index in [1.165, 1.54) is 33.4 Å². The third-order valence-electron chi connectivity index (χ3n) is 4.83. The highest BCUT2D eigenvalue weighted by atomic mass is 35.5. The molecule has 0 aliphatic carbocycles. The third kappa shape index (κ3) is 3.65. The van der Waals surface area contributed by atoms with Crippen molar-refractivity contribution >= 4 is 11.6 Å². The fourth-order valence-corrected chi connectivity index (χ4v) is 3.71. The molecule has 0 atom stereocenters. The summed E-state index contributed by atoms with van der Waals surface area (Å²) in [6.07, 6.45) is 1.88. The lowest BCUT2D eigenvalue weighted by Gasteiger charge is -2.14. The molecule has 0 unspecified atom stereocenters. The van der Waals surface area contributed by atoms with E-state index in [1.54, 1.807) is 0 Å². The van der Waals surface area contributed by atoms with E-state index < -0.39 is 0 Å². The summed E-state index contributed by atoms with van der Waals surface area (Å²) in [5.41, 5.74) is 9.50. The maximum atomic E-state index is 6.01. The summed E-state index contributed by atoms with van der Waals surface area (Å²) in [6, 6.07) is 27.1. The van der Waals surface area contributed by atoms with Crippen LogP contribution in [0.4, 0.5) is 0 Å². The second-order valence-corrected chi connectivity index (χ2v) is 7.22. The molecule has 0 saturated carbocycles. The Morgan fingerprint density at radius 1 is 0.630 bits per heavy atom. The number of halogens is 1. The van der Waals surface area contributed by atoms with Crippen LogP contribution in [0.15, 0.2) is 85.1 Å². The molecule has 1 heterocycles. The average molecular weight is 370 g/mol. The SMILES string of the molecule is Cc1cc(-c2ccccc2)cc(C)c1-c1ccnc(-c2ccc(Cl)cc2)c1. The molecule has 27 heavy (non-hydrogen) atoms. The van der Waals surface area contributed by atoms with E-state index in [9.17, 15) is 0 Å². The first-order valence-electron chi connectivity index (χ1n) is 9.01. The predicted octanol–water partition coefficient (Wildman–Crippen LogP) is 7.35. The summed E-state index contributed by atoms with van der Waals surface area (Å²) in [4.78, 5) is 4.55. The molecule has 1 nitrogen and oxygen atoms in total. The van der Waals surface area contributed by atoms with E-state index in [1.807, 2.05) is 36.5 Å². The lowest BCUT2D eigenvalue weighted by atomic mass is 9.91. The zero-order valence-corrected chi connectivity index (χ0v) is 16.2. The summed E-state index contributed by atoms with van der Waals surface area (Å²) < 4.78 is 0. The minimum absolute atomic E-state index is 0.734. The van der Waals surface area contributed by atoms with E-state index in [-0.39, 0.29) is 0 Å². The number of pyridine rings is 1. The number of aryl methyl sites for hydroxylation is 2. The second-order valence-electron chi connectivity index (χ2n) is 6.79. The maximum Gasteiger partial charge on any atom is 0.0708 e. The van der Waals surface area contributed by atoms with Crippen molar-refractivity contribution in [2.24, 2.45) is 0 Å². The molecule has 0 aliphatic heterocycles. The minimum Gasteiger partial charge on any atom is -0.256 e. The van der Waals surface area contributed by atoms with Gasteiger partial charge < -0.3 is 0 Å². The van der Waals surface area contributed by atoms with Crippen molar-refractivity contribution in [1.82, 2.24) is 4.98 Å². The topological polar surface area (TPSA) is 12.9 Å². The van der Waals surface area contributed by atoms with E-state index in [0.29, 0.717) is 0 Å². The quantitative estimate of drug-likeness (QED) is 0.367. The molecule has 0 saturated heterocycles. The highest BCUT2D eigenvalue weighted by Gasteiger charge is 2.10. The molecule has 0 fully saturated rings. The van der Waals surface area contributed by atoms with E-state index >= 15 is 0 Å². The van der Waals surface area contributed by atoms with Crippen LogP contribution in [0.3, 0.4) is 0 Å². The number of aromatic nitrogens is 1. The molecular formula is C25H20ClN. The molecule has 4 aromatic rings. The molecule has 4 rings (SSSR count). The average Bonchev–Trinajstić information content (AvgIpc) is 2.69. The summed E-state index contributed by atoms with van der Waals surface area (Å²) in [5.74, 6) is 0. The van der Waals surface area contributed by atoms with Crippen molar-refractivity contribution in [3.8, 4) is 33.5 Å². The van der Waals surface area contributed by atoms with Crippen molar-refractivity contribution in [2.45, 2.75) is 13.8 Å². The van der Waals surface area contributed by atoms with E-state index in [0.717, 1.165) is 16.3 Å². The van der Waals surface area contributed by atoms with Gasteiger partial charge in [0.2, 0.25) is 0 Å². The van der Waals surface area contributed by atoms with Gasteiger partial charge >= 0.3 is 0 Å². The van der Waals surface area contributed by atoms with Gasteiger partial charge in [-0.05, 0) is 71.5 Å². The largest absolute Gasteiger partial charge is 0.256 e. The van der Waals surface area contributed by atoms with Gasteiger partial charge in [0.15, 0.2) is 0 Å². The van der Waals surface area contributed by atoms with Gasteiger partial charge in [0.25, 0.3) is 0 Å². The fourth-order valence-electron chi connectivity index (χ4n) is 3.58. The zero-order chi connectivity index (χ0) is 18.8.